The number of amidine groups is 1. The van der Waals surface area contributed by atoms with Crippen LogP contribution in [0.2, 0.25) is 0 Å². The fourth-order valence-corrected chi connectivity index (χ4v) is 4.94. The lowest BCUT2D eigenvalue weighted by Crippen LogP contribution is -2.28. The van der Waals surface area contributed by atoms with Crippen LogP contribution in [0.3, 0.4) is 0 Å². The molecule has 1 amide bonds. The van der Waals surface area contributed by atoms with Gasteiger partial charge in [-0.1, -0.05) is 78.4 Å². The molecule has 1 aliphatic rings. The third-order valence-corrected chi connectivity index (χ3v) is 6.76. The van der Waals surface area contributed by atoms with Gasteiger partial charge in [-0.05, 0) is 59.3 Å². The average Bonchev–Trinajstić information content (AvgIpc) is 3.15. The SMILES string of the molecule is COc1ccc2ccccc2c1/C=C1/SC(=Nc2ccc(C)cc2)N(Cc2ccccc2)C1=O. The van der Waals surface area contributed by atoms with Crippen LogP contribution in [0.15, 0.2) is 101 Å². The zero-order valence-corrected chi connectivity index (χ0v) is 19.9. The van der Waals surface area contributed by atoms with Gasteiger partial charge in [0.15, 0.2) is 5.17 Å². The van der Waals surface area contributed by atoms with E-state index in [9.17, 15) is 4.79 Å². The third-order valence-electron chi connectivity index (χ3n) is 5.76. The fraction of sp³-hybridized carbons (Fsp3) is 0.103. The van der Waals surface area contributed by atoms with Gasteiger partial charge in [0.25, 0.3) is 5.91 Å². The summed E-state index contributed by atoms with van der Waals surface area (Å²) in [6.45, 7) is 2.51. The van der Waals surface area contributed by atoms with E-state index >= 15 is 0 Å². The Kier molecular flexibility index (Phi) is 6.19. The van der Waals surface area contributed by atoms with Crippen molar-refractivity contribution in [3.05, 3.63) is 113 Å². The first-order valence-corrected chi connectivity index (χ1v) is 11.9. The zero-order chi connectivity index (χ0) is 23.5. The number of carbonyl (C=O) groups is 1. The molecule has 1 aliphatic heterocycles. The lowest BCUT2D eigenvalue weighted by Gasteiger charge is -2.15. The van der Waals surface area contributed by atoms with Crippen molar-refractivity contribution in [2.45, 2.75) is 13.5 Å². The monoisotopic (exact) mass is 464 g/mol. The Labute approximate surface area is 203 Å². The first kappa shape index (κ1) is 22.0. The fourth-order valence-electron chi connectivity index (χ4n) is 3.96. The Balaban J connectivity index is 1.59. The molecule has 0 saturated carbocycles. The minimum Gasteiger partial charge on any atom is -0.496 e. The maximum Gasteiger partial charge on any atom is 0.267 e. The molecule has 0 spiro atoms. The number of nitrogens with zero attached hydrogens (tertiary/aromatic N) is 2. The number of benzene rings is 4. The Morgan fingerprint density at radius 1 is 0.912 bits per heavy atom. The molecule has 0 radical (unpaired) electrons. The van der Waals surface area contributed by atoms with Gasteiger partial charge in [-0.15, -0.1) is 0 Å². The van der Waals surface area contributed by atoms with Gasteiger partial charge >= 0.3 is 0 Å². The van der Waals surface area contributed by atoms with Gasteiger partial charge in [-0.3, -0.25) is 9.69 Å². The van der Waals surface area contributed by atoms with Crippen molar-refractivity contribution in [3.8, 4) is 5.75 Å². The van der Waals surface area contributed by atoms with Crippen molar-refractivity contribution in [3.63, 3.8) is 0 Å². The minimum atomic E-state index is -0.0605. The molecule has 34 heavy (non-hydrogen) atoms. The molecule has 1 saturated heterocycles. The van der Waals surface area contributed by atoms with Crippen LogP contribution in [-0.4, -0.2) is 23.1 Å². The van der Waals surface area contributed by atoms with E-state index in [1.54, 1.807) is 12.0 Å². The van der Waals surface area contributed by atoms with Crippen LogP contribution >= 0.6 is 11.8 Å². The van der Waals surface area contributed by atoms with E-state index in [0.29, 0.717) is 16.6 Å². The molecule has 4 aromatic rings. The van der Waals surface area contributed by atoms with E-state index in [1.165, 1.54) is 17.3 Å². The second-order valence-corrected chi connectivity index (χ2v) is 9.13. The summed E-state index contributed by atoms with van der Waals surface area (Å²) in [4.78, 5) is 20.8. The summed E-state index contributed by atoms with van der Waals surface area (Å²) in [5.41, 5.74) is 3.94. The highest BCUT2D eigenvalue weighted by atomic mass is 32.2. The number of hydrogen-bond acceptors (Lipinski definition) is 4. The summed E-state index contributed by atoms with van der Waals surface area (Å²) in [7, 11) is 1.65. The van der Waals surface area contributed by atoms with Crippen molar-refractivity contribution < 1.29 is 9.53 Å². The summed E-state index contributed by atoms with van der Waals surface area (Å²) in [6, 6.07) is 30.1. The highest BCUT2D eigenvalue weighted by Crippen LogP contribution is 2.38. The van der Waals surface area contributed by atoms with Crippen LogP contribution in [-0.2, 0) is 11.3 Å². The van der Waals surface area contributed by atoms with Gasteiger partial charge in [0.2, 0.25) is 0 Å². The Hall–Kier alpha value is -3.83. The number of thioether (sulfide) groups is 1. The van der Waals surface area contributed by atoms with Gasteiger partial charge in [0.05, 0.1) is 24.2 Å². The molecule has 1 heterocycles. The largest absolute Gasteiger partial charge is 0.496 e. The van der Waals surface area contributed by atoms with Gasteiger partial charge in [-0.2, -0.15) is 0 Å². The van der Waals surface area contributed by atoms with Crippen molar-refractivity contribution in [1.29, 1.82) is 0 Å². The number of ether oxygens (including phenoxy) is 1. The lowest BCUT2D eigenvalue weighted by molar-refractivity contribution is -0.122. The van der Waals surface area contributed by atoms with Crippen molar-refractivity contribution >= 4 is 45.4 Å². The zero-order valence-electron chi connectivity index (χ0n) is 19.1. The number of methoxy groups -OCH3 is 1. The van der Waals surface area contributed by atoms with Crippen molar-refractivity contribution in [2.75, 3.05) is 7.11 Å². The predicted molar refractivity (Wildman–Crippen MR) is 141 cm³/mol. The molecule has 168 valence electrons. The Bertz CT molecular complexity index is 1410. The van der Waals surface area contributed by atoms with E-state index in [-0.39, 0.29) is 5.91 Å². The molecule has 0 N–H and O–H groups in total. The minimum absolute atomic E-state index is 0.0605. The third kappa shape index (κ3) is 4.47. The number of rotatable bonds is 5. The number of fused-ring (bicyclic) bond motifs is 1. The summed E-state index contributed by atoms with van der Waals surface area (Å²) < 4.78 is 5.65. The molecule has 0 aliphatic carbocycles. The summed E-state index contributed by atoms with van der Waals surface area (Å²) in [5.74, 6) is 0.674. The molecule has 0 atom stereocenters. The maximum absolute atomic E-state index is 13.6. The average molecular weight is 465 g/mol. The topological polar surface area (TPSA) is 41.9 Å². The van der Waals surface area contributed by atoms with E-state index < -0.39 is 0 Å². The molecule has 4 nitrogen and oxygen atoms in total. The highest BCUT2D eigenvalue weighted by Gasteiger charge is 2.34. The summed E-state index contributed by atoms with van der Waals surface area (Å²) in [6.07, 6.45) is 1.93. The number of hydrogen-bond donors (Lipinski definition) is 0. The second kappa shape index (κ2) is 9.57. The van der Waals surface area contributed by atoms with E-state index in [0.717, 1.165) is 33.3 Å². The van der Waals surface area contributed by atoms with Crippen LogP contribution in [0.5, 0.6) is 5.75 Å². The van der Waals surface area contributed by atoms with E-state index in [2.05, 4.69) is 12.1 Å². The normalized spacial score (nSPS) is 16.1. The molecular formula is C29H24N2O2S. The number of aryl methyl sites for hydroxylation is 1. The van der Waals surface area contributed by atoms with Gasteiger partial charge in [0, 0.05) is 5.56 Å². The van der Waals surface area contributed by atoms with Gasteiger partial charge in [0.1, 0.15) is 5.75 Å². The second-order valence-electron chi connectivity index (χ2n) is 8.12. The van der Waals surface area contributed by atoms with Gasteiger partial charge < -0.3 is 4.74 Å². The van der Waals surface area contributed by atoms with E-state index in [1.807, 2.05) is 91.9 Å². The molecule has 0 unspecified atom stereocenters. The van der Waals surface area contributed by atoms with Crippen LogP contribution in [0, 0.1) is 6.92 Å². The first-order chi connectivity index (χ1) is 16.6. The number of amides is 1. The quantitative estimate of drug-likeness (QED) is 0.300. The molecular weight excluding hydrogens is 440 g/mol. The predicted octanol–water partition coefficient (Wildman–Crippen LogP) is 6.96. The molecule has 4 aromatic carbocycles. The Morgan fingerprint density at radius 3 is 2.41 bits per heavy atom. The van der Waals surface area contributed by atoms with Crippen molar-refractivity contribution in [1.82, 2.24) is 4.90 Å². The Morgan fingerprint density at radius 2 is 1.65 bits per heavy atom. The highest BCUT2D eigenvalue weighted by molar-refractivity contribution is 8.18. The molecule has 1 fully saturated rings. The molecule has 0 bridgehead atoms. The maximum atomic E-state index is 13.6. The van der Waals surface area contributed by atoms with Crippen LogP contribution in [0.25, 0.3) is 16.8 Å². The van der Waals surface area contributed by atoms with Gasteiger partial charge in [-0.25, -0.2) is 4.99 Å². The number of carbonyl (C=O) groups excluding carboxylic acids is 1. The van der Waals surface area contributed by atoms with E-state index in [4.69, 9.17) is 9.73 Å². The smallest absolute Gasteiger partial charge is 0.267 e. The van der Waals surface area contributed by atoms with Crippen LogP contribution in [0.1, 0.15) is 16.7 Å². The lowest BCUT2D eigenvalue weighted by atomic mass is 10.0. The first-order valence-electron chi connectivity index (χ1n) is 11.1. The standard InChI is InChI=1S/C29H24N2O2S/c1-20-12-15-23(16-13-20)30-29-31(19-21-8-4-3-5-9-21)28(32)27(34-29)18-25-24-11-7-6-10-22(24)14-17-26(25)33-2/h3-18H,19H2,1-2H3/b27-18+,30-29?. The van der Waals surface area contributed by atoms with Crippen LogP contribution in [0.4, 0.5) is 5.69 Å². The molecule has 5 rings (SSSR count). The molecule has 0 aromatic heterocycles. The number of aliphatic imine (C=N–C) groups is 1. The summed E-state index contributed by atoms with van der Waals surface area (Å²) >= 11 is 1.40. The van der Waals surface area contributed by atoms with Crippen molar-refractivity contribution in [2.24, 2.45) is 4.99 Å². The summed E-state index contributed by atoms with van der Waals surface area (Å²) in [5, 5.41) is 2.81. The van der Waals surface area contributed by atoms with Crippen LogP contribution < -0.4 is 4.74 Å². The molecule has 5 heteroatoms.